The first kappa shape index (κ1) is 39.4. The van der Waals surface area contributed by atoms with Gasteiger partial charge in [0.25, 0.3) is 0 Å². The number of hydrogen-bond acceptors (Lipinski definition) is 6. The van der Waals surface area contributed by atoms with Gasteiger partial charge >= 0.3 is 13.6 Å². The second-order valence-electron chi connectivity index (χ2n) is 14.2. The molecule has 282 valence electrons. The minimum atomic E-state index is -4.36. The van der Waals surface area contributed by atoms with E-state index in [-0.39, 0.29) is 25.3 Å². The van der Waals surface area contributed by atoms with Gasteiger partial charge in [0.2, 0.25) is 23.6 Å². The number of carbonyl (C=O) groups is 5. The van der Waals surface area contributed by atoms with Crippen LogP contribution in [0.2, 0.25) is 0 Å². The molecule has 1 fully saturated rings. The highest BCUT2D eigenvalue weighted by Gasteiger charge is 2.44. The Labute approximate surface area is 308 Å². The summed E-state index contributed by atoms with van der Waals surface area (Å²) in [5, 5.41) is 20.7. The van der Waals surface area contributed by atoms with E-state index in [0.29, 0.717) is 36.8 Å². The molecule has 8 N–H and O–H groups in total. The van der Waals surface area contributed by atoms with Crippen molar-refractivity contribution in [1.82, 2.24) is 16.0 Å². The van der Waals surface area contributed by atoms with Gasteiger partial charge in [-0.3, -0.25) is 28.5 Å². The minimum Gasteiger partial charge on any atom is -0.481 e. The van der Waals surface area contributed by atoms with E-state index in [9.17, 15) is 43.4 Å². The number of carboxylic acid groups (broad SMARTS) is 1. The molecule has 4 atom stereocenters. The van der Waals surface area contributed by atoms with Crippen LogP contribution in [0.15, 0.2) is 78.9 Å². The Balaban J connectivity index is 1.58. The molecule has 3 aromatic rings. The van der Waals surface area contributed by atoms with E-state index in [0.717, 1.165) is 22.8 Å². The van der Waals surface area contributed by atoms with Crippen LogP contribution < -0.4 is 21.7 Å². The molecule has 2 aliphatic rings. The molecule has 4 amide bonds. The smallest absolute Gasteiger partial charge is 0.329 e. The third-order valence-electron chi connectivity index (χ3n) is 10.2. The molecule has 0 radical (unpaired) electrons. The summed E-state index contributed by atoms with van der Waals surface area (Å²) in [6, 6.07) is 18.9. The molecule has 1 aliphatic heterocycles. The molecule has 1 heterocycles. The number of nitrogens with two attached hydrogens (primary N) is 1. The zero-order chi connectivity index (χ0) is 38.2. The summed E-state index contributed by atoms with van der Waals surface area (Å²) in [6.07, 6.45) is 5.49. The molecule has 1 aliphatic carbocycles. The van der Waals surface area contributed by atoms with Crippen molar-refractivity contribution >= 4 is 48.0 Å². The topological polar surface area (TPSA) is 225 Å². The van der Waals surface area contributed by atoms with E-state index in [1.54, 1.807) is 30.3 Å². The van der Waals surface area contributed by atoms with Crippen LogP contribution >= 0.6 is 7.60 Å². The maximum atomic E-state index is 14.4. The summed E-state index contributed by atoms with van der Waals surface area (Å²) < 4.78 is 11.7. The number of aliphatic carboxylic acids is 1. The molecule has 1 saturated carbocycles. The quantitative estimate of drug-likeness (QED) is 0.125. The van der Waals surface area contributed by atoms with Crippen LogP contribution in [0.5, 0.6) is 0 Å². The molecule has 13 nitrogen and oxygen atoms in total. The minimum absolute atomic E-state index is 0.167. The average Bonchev–Trinajstić information content (AvgIpc) is 3.10. The predicted molar refractivity (Wildman–Crippen MR) is 198 cm³/mol. The lowest BCUT2D eigenvalue weighted by atomic mass is 9.78. The lowest BCUT2D eigenvalue weighted by Crippen LogP contribution is -2.64. The number of carbonyl (C=O) groups excluding carboxylic acids is 4. The van der Waals surface area contributed by atoms with Crippen LogP contribution in [0.25, 0.3) is 10.8 Å². The number of benzene rings is 3. The lowest BCUT2D eigenvalue weighted by Gasteiger charge is -2.39. The SMILES string of the molecule is NC(=O)CC1NC(=O)C2(CCCCC2)NC(=O)[C@@H](CC(=O)O)C(c2ccc(CP(=O)(O)O)cc2)/C=C/C[C@@H](Cc2cccc3ccccc23)CNC1=O. The fourth-order valence-electron chi connectivity index (χ4n) is 7.54. The molecule has 14 heteroatoms. The van der Waals surface area contributed by atoms with E-state index in [4.69, 9.17) is 5.73 Å². The number of allylic oxidation sites excluding steroid dienone is 2. The normalized spacial score (nSPS) is 23.5. The summed E-state index contributed by atoms with van der Waals surface area (Å²) >= 11 is 0. The highest BCUT2D eigenvalue weighted by molar-refractivity contribution is 7.50. The highest BCUT2D eigenvalue weighted by Crippen LogP contribution is 2.40. The second-order valence-corrected chi connectivity index (χ2v) is 15.9. The standard InChI is InChI=1S/C39H47N4O9P/c40-34(44)22-33-37(48)41-23-26(20-29-11-7-10-27-9-2-3-12-30(27)29)8-6-13-31(28-16-14-25(15-17-28)24-53(50,51)52)32(21-35(45)46)36(47)43-39(38(49)42-33)18-4-1-5-19-39/h2-3,6-7,9-17,26,31-33H,1,4-5,8,18-24H2,(H2,40,44)(H,41,48)(H,42,49)(H,43,47)(H,45,46)(H2,50,51,52)/b13-6+/t26-,31?,32-,33?/m0/s1. The van der Waals surface area contributed by atoms with Crippen LogP contribution in [-0.2, 0) is 41.1 Å². The van der Waals surface area contributed by atoms with Gasteiger partial charge in [0.15, 0.2) is 0 Å². The van der Waals surface area contributed by atoms with Gasteiger partial charge in [-0.05, 0) is 59.1 Å². The Bertz CT molecular complexity index is 1900. The van der Waals surface area contributed by atoms with Crippen LogP contribution in [-0.4, -0.2) is 62.6 Å². The molecule has 0 bridgehead atoms. The Morgan fingerprint density at radius 1 is 0.887 bits per heavy atom. The third kappa shape index (κ3) is 10.6. The Kier molecular flexibility index (Phi) is 12.9. The van der Waals surface area contributed by atoms with Gasteiger partial charge in [0, 0.05) is 12.5 Å². The molecule has 53 heavy (non-hydrogen) atoms. The largest absolute Gasteiger partial charge is 0.481 e. The van der Waals surface area contributed by atoms with Gasteiger partial charge in [-0.25, -0.2) is 0 Å². The lowest BCUT2D eigenvalue weighted by molar-refractivity contribution is -0.143. The van der Waals surface area contributed by atoms with Crippen LogP contribution in [0.1, 0.15) is 74.0 Å². The van der Waals surface area contributed by atoms with E-state index in [1.807, 2.05) is 48.5 Å². The third-order valence-corrected chi connectivity index (χ3v) is 11.0. The highest BCUT2D eigenvalue weighted by atomic mass is 31.2. The molecule has 0 saturated heterocycles. The Morgan fingerprint density at radius 2 is 1.58 bits per heavy atom. The number of hydrogen-bond donors (Lipinski definition) is 7. The van der Waals surface area contributed by atoms with Crippen molar-refractivity contribution in [3.63, 3.8) is 0 Å². The summed E-state index contributed by atoms with van der Waals surface area (Å²) in [7, 11) is -4.36. The number of nitrogens with one attached hydrogen (secondary N) is 3. The van der Waals surface area contributed by atoms with Crippen molar-refractivity contribution in [2.45, 2.75) is 81.4 Å². The fraction of sp³-hybridized carbons (Fsp3) is 0.410. The van der Waals surface area contributed by atoms with Gasteiger partial charge in [-0.1, -0.05) is 98.1 Å². The van der Waals surface area contributed by atoms with Crippen molar-refractivity contribution in [3.05, 3.63) is 95.6 Å². The molecular weight excluding hydrogens is 699 g/mol. The van der Waals surface area contributed by atoms with Gasteiger partial charge in [0.05, 0.1) is 24.9 Å². The first-order valence-corrected chi connectivity index (χ1v) is 19.7. The van der Waals surface area contributed by atoms with Crippen molar-refractivity contribution in [2.75, 3.05) is 6.54 Å². The summed E-state index contributed by atoms with van der Waals surface area (Å²) in [4.78, 5) is 85.6. The summed E-state index contributed by atoms with van der Waals surface area (Å²) in [6.45, 7) is 0.167. The van der Waals surface area contributed by atoms with Gasteiger partial charge < -0.3 is 36.6 Å². The molecule has 0 aromatic heterocycles. The van der Waals surface area contributed by atoms with E-state index >= 15 is 0 Å². The fourth-order valence-corrected chi connectivity index (χ4v) is 8.22. The number of amides is 4. The van der Waals surface area contributed by atoms with Crippen molar-refractivity contribution in [1.29, 1.82) is 0 Å². The maximum absolute atomic E-state index is 14.4. The second kappa shape index (κ2) is 17.3. The van der Waals surface area contributed by atoms with E-state index in [2.05, 4.69) is 16.0 Å². The molecule has 5 rings (SSSR count). The first-order chi connectivity index (χ1) is 25.2. The van der Waals surface area contributed by atoms with Gasteiger partial charge in [-0.2, -0.15) is 0 Å². The molecule has 2 unspecified atom stereocenters. The van der Waals surface area contributed by atoms with Gasteiger partial charge in [0.1, 0.15) is 11.6 Å². The van der Waals surface area contributed by atoms with Crippen molar-refractivity contribution in [2.24, 2.45) is 17.6 Å². The van der Waals surface area contributed by atoms with E-state index < -0.39 is 79.6 Å². The summed E-state index contributed by atoms with van der Waals surface area (Å²) in [5.74, 6) is -6.14. The number of carboxylic acids is 1. The zero-order valence-corrected chi connectivity index (χ0v) is 30.3. The van der Waals surface area contributed by atoms with Crippen LogP contribution in [0.4, 0.5) is 0 Å². The van der Waals surface area contributed by atoms with Gasteiger partial charge in [-0.15, -0.1) is 0 Å². The summed E-state index contributed by atoms with van der Waals surface area (Å²) in [5.41, 5.74) is 6.00. The van der Waals surface area contributed by atoms with E-state index in [1.165, 1.54) is 0 Å². The zero-order valence-electron chi connectivity index (χ0n) is 29.4. The van der Waals surface area contributed by atoms with Crippen molar-refractivity contribution < 1.29 is 43.4 Å². The van der Waals surface area contributed by atoms with Crippen LogP contribution in [0.3, 0.4) is 0 Å². The molecule has 3 aromatic carbocycles. The average molecular weight is 747 g/mol. The van der Waals surface area contributed by atoms with Crippen LogP contribution in [0, 0.1) is 11.8 Å². The van der Waals surface area contributed by atoms with Crippen molar-refractivity contribution in [3.8, 4) is 0 Å². The molecule has 1 spiro atoms. The predicted octanol–water partition coefficient (Wildman–Crippen LogP) is 3.81. The molecular formula is C39H47N4O9P. The Hall–Kier alpha value is -4.84. The number of fused-ring (bicyclic) bond motifs is 1. The number of primary amides is 1. The maximum Gasteiger partial charge on any atom is 0.329 e. The number of rotatable bonds is 9. The Morgan fingerprint density at radius 3 is 2.26 bits per heavy atom. The monoisotopic (exact) mass is 746 g/mol. The first-order valence-electron chi connectivity index (χ1n) is 17.9.